The van der Waals surface area contributed by atoms with Gasteiger partial charge in [-0.05, 0) is 99.5 Å². The van der Waals surface area contributed by atoms with Crippen molar-refractivity contribution in [1.82, 2.24) is 0 Å². The van der Waals surface area contributed by atoms with Gasteiger partial charge >= 0.3 is 5.97 Å². The monoisotopic (exact) mass is 502 g/mol. The highest BCUT2D eigenvalue weighted by molar-refractivity contribution is 9.09. The number of ether oxygens (including phenoxy) is 2. The van der Waals surface area contributed by atoms with Crippen LogP contribution in [0.4, 0.5) is 0 Å². The van der Waals surface area contributed by atoms with E-state index in [0.717, 1.165) is 43.2 Å². The van der Waals surface area contributed by atoms with E-state index in [4.69, 9.17) is 9.47 Å². The molecule has 0 spiro atoms. The molecule has 174 valence electrons. The Morgan fingerprint density at radius 2 is 1.97 bits per heavy atom. The third-order valence-corrected chi connectivity index (χ3v) is 9.65. The summed E-state index contributed by atoms with van der Waals surface area (Å²) in [4.78, 5) is 13.3. The predicted octanol–water partition coefficient (Wildman–Crippen LogP) is 6.50. The van der Waals surface area contributed by atoms with E-state index in [1.54, 1.807) is 18.2 Å². The minimum absolute atomic E-state index is 0.00837. The molecule has 2 aliphatic heterocycles. The van der Waals surface area contributed by atoms with E-state index in [2.05, 4.69) is 42.9 Å². The highest BCUT2D eigenvalue weighted by Crippen LogP contribution is 2.54. The van der Waals surface area contributed by atoms with Crippen LogP contribution >= 0.6 is 15.9 Å². The van der Waals surface area contributed by atoms with Crippen LogP contribution in [0, 0.1) is 11.3 Å². The number of epoxide rings is 1. The lowest BCUT2D eigenvalue weighted by atomic mass is 9.61. The summed E-state index contributed by atoms with van der Waals surface area (Å²) in [5.41, 5.74) is 3.11. The van der Waals surface area contributed by atoms with Crippen LogP contribution in [0.3, 0.4) is 0 Å². The molecule has 6 atom stereocenters. The zero-order chi connectivity index (χ0) is 23.3. The van der Waals surface area contributed by atoms with Gasteiger partial charge in [-0.3, -0.25) is 0 Å². The first kappa shape index (κ1) is 23.6. The van der Waals surface area contributed by atoms with E-state index in [1.165, 1.54) is 5.57 Å². The third-order valence-electron chi connectivity index (χ3n) is 8.14. The lowest BCUT2D eigenvalue weighted by molar-refractivity contribution is 0.0343. The van der Waals surface area contributed by atoms with Gasteiger partial charge in [0.05, 0.1) is 17.3 Å². The van der Waals surface area contributed by atoms with Crippen LogP contribution in [0.1, 0.15) is 75.2 Å². The average Bonchev–Trinajstić information content (AvgIpc) is 3.40. The molecule has 2 fully saturated rings. The quantitative estimate of drug-likeness (QED) is 0.206. The van der Waals surface area contributed by atoms with E-state index < -0.39 is 0 Å². The van der Waals surface area contributed by atoms with Crippen molar-refractivity contribution in [2.45, 2.75) is 88.4 Å². The Bertz CT molecular complexity index is 940. The van der Waals surface area contributed by atoms with Crippen molar-refractivity contribution in [3.05, 3.63) is 53.6 Å². The van der Waals surface area contributed by atoms with Crippen molar-refractivity contribution in [2.24, 2.45) is 11.3 Å². The summed E-state index contributed by atoms with van der Waals surface area (Å²) < 4.78 is 12.0. The number of alkyl halides is 1. The Hall–Kier alpha value is -1.59. The number of halogens is 1. The van der Waals surface area contributed by atoms with Gasteiger partial charge < -0.3 is 14.6 Å². The fraction of sp³-hybridized carbons (Fsp3) is 0.593. The molecule has 4 nitrogen and oxygen atoms in total. The minimum Gasteiger partial charge on any atom is -0.508 e. The molecular formula is C27H35BrO4. The van der Waals surface area contributed by atoms with E-state index in [-0.39, 0.29) is 40.9 Å². The third kappa shape index (κ3) is 4.43. The first-order valence-electron chi connectivity index (χ1n) is 11.7. The molecule has 3 aliphatic rings. The zero-order valence-electron chi connectivity index (χ0n) is 19.5. The van der Waals surface area contributed by atoms with Gasteiger partial charge in [0.2, 0.25) is 0 Å². The molecule has 1 aromatic rings. The molecule has 0 aromatic heterocycles. The number of hydrogen-bond acceptors (Lipinski definition) is 4. The van der Waals surface area contributed by atoms with Crippen LogP contribution in [-0.2, 0) is 15.9 Å². The first-order chi connectivity index (χ1) is 15.0. The second kappa shape index (κ2) is 8.64. The van der Waals surface area contributed by atoms with Crippen LogP contribution in [0.15, 0.2) is 42.5 Å². The molecule has 1 N–H and O–H groups in total. The van der Waals surface area contributed by atoms with Gasteiger partial charge in [0.15, 0.2) is 0 Å². The predicted molar refractivity (Wildman–Crippen MR) is 130 cm³/mol. The Morgan fingerprint density at radius 1 is 1.22 bits per heavy atom. The van der Waals surface area contributed by atoms with E-state index in [0.29, 0.717) is 23.2 Å². The molecule has 1 aromatic carbocycles. The molecule has 1 unspecified atom stereocenters. The molecule has 5 heteroatoms. The number of benzene rings is 1. The molecule has 4 rings (SSSR count). The van der Waals surface area contributed by atoms with Crippen molar-refractivity contribution >= 4 is 21.9 Å². The maximum absolute atomic E-state index is 13.0. The number of carbonyl (C=O) groups is 1. The summed E-state index contributed by atoms with van der Waals surface area (Å²) >= 11 is 3.98. The Kier molecular flexibility index (Phi) is 6.36. The summed E-state index contributed by atoms with van der Waals surface area (Å²) in [6.45, 7) is 14.9. The maximum atomic E-state index is 13.0. The second-order valence-electron chi connectivity index (χ2n) is 10.5. The number of hydrogen-bond donors (Lipinski definition) is 1. The smallest absolute Gasteiger partial charge is 0.338 e. The highest BCUT2D eigenvalue weighted by Gasteiger charge is 2.53. The van der Waals surface area contributed by atoms with Gasteiger partial charge in [0.25, 0.3) is 0 Å². The van der Waals surface area contributed by atoms with Gasteiger partial charge in [0.1, 0.15) is 11.9 Å². The fourth-order valence-electron chi connectivity index (χ4n) is 5.64. The molecule has 32 heavy (non-hydrogen) atoms. The number of carbonyl (C=O) groups excluding carboxylic acids is 1. The molecule has 1 aliphatic carbocycles. The van der Waals surface area contributed by atoms with E-state index in [9.17, 15) is 9.90 Å². The van der Waals surface area contributed by atoms with Gasteiger partial charge in [0, 0.05) is 4.83 Å². The molecule has 1 saturated carbocycles. The molecule has 2 heterocycles. The fourth-order valence-corrected chi connectivity index (χ4v) is 6.42. The minimum atomic E-state index is -0.379. The van der Waals surface area contributed by atoms with Crippen molar-refractivity contribution in [3.8, 4) is 5.75 Å². The average molecular weight is 503 g/mol. The Labute approximate surface area is 200 Å². The molecule has 0 amide bonds. The van der Waals surface area contributed by atoms with Gasteiger partial charge in [-0.1, -0.05) is 41.6 Å². The molecular weight excluding hydrogens is 468 g/mol. The van der Waals surface area contributed by atoms with Gasteiger partial charge in [-0.25, -0.2) is 4.79 Å². The van der Waals surface area contributed by atoms with E-state index >= 15 is 0 Å². The Balaban J connectivity index is 1.72. The largest absolute Gasteiger partial charge is 0.508 e. The van der Waals surface area contributed by atoms with Crippen molar-refractivity contribution in [2.75, 3.05) is 0 Å². The standard InChI is InChI=1S/C27H35BrO4/c1-16(2)22-10-13-27(5)24(32-27)11-12-26(4)20(17(3)6-9-23(26)28)15-19-14-18(25(30)31-22)7-8-21(19)29/h7-8,14,20,22-24,29H,1,3,6,9-13,15H2,2,4-5H3/t20?,22-,23-,24-,26-,27-/m0/s1. The number of allylic oxidation sites excluding steroid dienone is 1. The molecule has 0 radical (unpaired) electrons. The summed E-state index contributed by atoms with van der Waals surface area (Å²) in [6, 6.07) is 5.04. The van der Waals surface area contributed by atoms with Crippen LogP contribution in [0.5, 0.6) is 5.75 Å². The molecule has 1 saturated heterocycles. The highest BCUT2D eigenvalue weighted by atomic mass is 79.9. The van der Waals surface area contributed by atoms with E-state index in [1.807, 2.05) is 6.92 Å². The lowest BCUT2D eigenvalue weighted by Gasteiger charge is -2.47. The van der Waals surface area contributed by atoms with Gasteiger partial charge in [-0.2, -0.15) is 0 Å². The Morgan fingerprint density at radius 3 is 2.69 bits per heavy atom. The maximum Gasteiger partial charge on any atom is 0.338 e. The number of fused-ring (bicyclic) bond motifs is 4. The summed E-state index contributed by atoms with van der Waals surface area (Å²) in [5.74, 6) is 0.0412. The van der Waals surface area contributed by atoms with Crippen molar-refractivity contribution in [3.63, 3.8) is 0 Å². The van der Waals surface area contributed by atoms with Crippen molar-refractivity contribution in [1.29, 1.82) is 0 Å². The van der Waals surface area contributed by atoms with Crippen LogP contribution in [0.25, 0.3) is 0 Å². The normalized spacial score (nSPS) is 37.9. The zero-order valence-corrected chi connectivity index (χ0v) is 21.0. The van der Waals surface area contributed by atoms with Gasteiger partial charge in [-0.15, -0.1) is 0 Å². The lowest BCUT2D eigenvalue weighted by Crippen LogP contribution is -2.42. The van der Waals surface area contributed by atoms with Crippen LogP contribution in [0.2, 0.25) is 0 Å². The summed E-state index contributed by atoms with van der Waals surface area (Å²) in [7, 11) is 0. The summed E-state index contributed by atoms with van der Waals surface area (Å²) in [5, 5.41) is 10.6. The first-order valence-corrected chi connectivity index (χ1v) is 12.6. The van der Waals surface area contributed by atoms with Crippen molar-refractivity contribution < 1.29 is 19.4 Å². The number of phenols is 1. The summed E-state index contributed by atoms with van der Waals surface area (Å²) in [6.07, 6.45) is 6.08. The SMILES string of the molecule is C=C1CC[C@H](Br)[C@@]2(C)CC[C@@H]3O[C@@]3(C)CC[C@@H](C(=C)C)OC(=O)c3ccc(O)c(c3)CC12. The van der Waals surface area contributed by atoms with Crippen LogP contribution in [-0.4, -0.2) is 33.7 Å². The number of phenolic OH excluding ortho intramolecular Hbond substituents is 1. The topological polar surface area (TPSA) is 59.1 Å². The number of aromatic hydroxyl groups is 1. The number of cyclic esters (lactones) is 1. The number of rotatable bonds is 1. The molecule has 2 bridgehead atoms. The van der Waals surface area contributed by atoms with Crippen LogP contribution < -0.4 is 0 Å². The second-order valence-corrected chi connectivity index (χ2v) is 11.6. The number of esters is 1.